The summed E-state index contributed by atoms with van der Waals surface area (Å²) < 4.78 is 0. The Bertz CT molecular complexity index is 106. The second kappa shape index (κ2) is 5.28. The Morgan fingerprint density at radius 1 is 1.00 bits per heavy atom. The van der Waals surface area contributed by atoms with Crippen LogP contribution in [0.5, 0.6) is 0 Å². The molecule has 1 radical (unpaired) electrons. The molecular formula is C10H15. The molecule has 0 aliphatic heterocycles. The van der Waals surface area contributed by atoms with Crippen LogP contribution in [-0.4, -0.2) is 0 Å². The molecule has 0 atom stereocenters. The number of hydrogen-bond acceptors (Lipinski definition) is 0. The highest BCUT2D eigenvalue weighted by atomic mass is 13.9. The highest BCUT2D eigenvalue weighted by molar-refractivity contribution is 4.90. The van der Waals surface area contributed by atoms with Crippen molar-refractivity contribution in [1.82, 2.24) is 0 Å². The van der Waals surface area contributed by atoms with Crippen molar-refractivity contribution in [3.63, 3.8) is 0 Å². The van der Waals surface area contributed by atoms with E-state index < -0.39 is 0 Å². The maximum absolute atomic E-state index is 3.28. The Morgan fingerprint density at radius 2 is 2.00 bits per heavy atom. The minimum atomic E-state index is 1.08. The largest absolute Gasteiger partial charge is 0.0882 e. The average molecular weight is 135 g/mol. The lowest BCUT2D eigenvalue weighted by atomic mass is 10.1. The molecule has 0 heterocycles. The lowest BCUT2D eigenvalue weighted by Crippen LogP contribution is -1.77. The molecule has 1 aliphatic carbocycles. The van der Waals surface area contributed by atoms with Crippen LogP contribution in [0.2, 0.25) is 0 Å². The van der Waals surface area contributed by atoms with Gasteiger partial charge < -0.3 is 0 Å². The van der Waals surface area contributed by atoms with E-state index in [9.17, 15) is 0 Å². The summed E-state index contributed by atoms with van der Waals surface area (Å²) in [4.78, 5) is 0. The number of rotatable bonds is 0. The maximum atomic E-state index is 3.28. The molecule has 0 bridgehead atoms. The molecule has 0 aromatic rings. The van der Waals surface area contributed by atoms with Crippen LogP contribution in [0, 0.1) is 6.08 Å². The van der Waals surface area contributed by atoms with Gasteiger partial charge in [-0.1, -0.05) is 24.6 Å². The van der Waals surface area contributed by atoms with Crippen LogP contribution < -0.4 is 0 Å². The van der Waals surface area contributed by atoms with E-state index in [1.165, 1.54) is 25.7 Å². The molecule has 0 nitrogen and oxygen atoms in total. The van der Waals surface area contributed by atoms with Crippen LogP contribution in [0.15, 0.2) is 18.2 Å². The standard InChI is InChI=1S/C10H15/c1-2-4-6-8-10-9-7-5-3-1/h1-2,5H,3-4,6,8-10H2/b2-1+,7-5?. The molecule has 0 fully saturated rings. The van der Waals surface area contributed by atoms with E-state index in [2.05, 4.69) is 24.3 Å². The van der Waals surface area contributed by atoms with Crippen molar-refractivity contribution >= 4 is 0 Å². The summed E-state index contributed by atoms with van der Waals surface area (Å²) in [5, 5.41) is 0. The topological polar surface area (TPSA) is 0 Å². The van der Waals surface area contributed by atoms with Crippen molar-refractivity contribution in [2.45, 2.75) is 38.5 Å². The van der Waals surface area contributed by atoms with E-state index >= 15 is 0 Å². The molecule has 1 aliphatic rings. The summed E-state index contributed by atoms with van der Waals surface area (Å²) >= 11 is 0. The van der Waals surface area contributed by atoms with E-state index in [1.807, 2.05) is 0 Å². The smallest absolute Gasteiger partial charge is 0.0163 e. The first kappa shape index (κ1) is 7.59. The fourth-order valence-corrected chi connectivity index (χ4v) is 1.13. The summed E-state index contributed by atoms with van der Waals surface area (Å²) in [6.07, 6.45) is 17.5. The van der Waals surface area contributed by atoms with Gasteiger partial charge in [-0.15, -0.1) is 0 Å². The van der Waals surface area contributed by atoms with Gasteiger partial charge in [-0.2, -0.15) is 0 Å². The first-order chi connectivity index (χ1) is 5.00. The summed E-state index contributed by atoms with van der Waals surface area (Å²) in [6, 6.07) is 0. The summed E-state index contributed by atoms with van der Waals surface area (Å²) in [7, 11) is 0. The molecule has 55 valence electrons. The van der Waals surface area contributed by atoms with Crippen molar-refractivity contribution < 1.29 is 0 Å². The average Bonchev–Trinajstić information content (AvgIpc) is 2.01. The van der Waals surface area contributed by atoms with Crippen LogP contribution in [0.1, 0.15) is 38.5 Å². The van der Waals surface area contributed by atoms with Gasteiger partial charge in [0.15, 0.2) is 0 Å². The van der Waals surface area contributed by atoms with Gasteiger partial charge >= 0.3 is 0 Å². The second-order valence-electron chi connectivity index (χ2n) is 2.71. The molecule has 0 saturated heterocycles. The van der Waals surface area contributed by atoms with E-state index in [0.717, 1.165) is 12.8 Å². The fourth-order valence-electron chi connectivity index (χ4n) is 1.13. The van der Waals surface area contributed by atoms with Crippen molar-refractivity contribution in [3.8, 4) is 0 Å². The van der Waals surface area contributed by atoms with Crippen LogP contribution in [0.25, 0.3) is 0 Å². The molecule has 0 amide bonds. The SMILES string of the molecule is [C]1=C\C/C=C/CCCCC/1. The Balaban J connectivity index is 2.25. The van der Waals surface area contributed by atoms with Gasteiger partial charge in [0, 0.05) is 0 Å². The van der Waals surface area contributed by atoms with Crippen molar-refractivity contribution in [2.24, 2.45) is 0 Å². The molecule has 10 heavy (non-hydrogen) atoms. The van der Waals surface area contributed by atoms with E-state index in [0.29, 0.717) is 0 Å². The monoisotopic (exact) mass is 135 g/mol. The first-order valence-corrected chi connectivity index (χ1v) is 4.20. The predicted octanol–water partition coefficient (Wildman–Crippen LogP) is 3.26. The van der Waals surface area contributed by atoms with Crippen molar-refractivity contribution in [2.75, 3.05) is 0 Å². The molecule has 1 rings (SSSR count). The summed E-state index contributed by atoms with van der Waals surface area (Å²) in [5.41, 5.74) is 0. The molecule has 0 unspecified atom stereocenters. The second-order valence-corrected chi connectivity index (χ2v) is 2.71. The third kappa shape index (κ3) is 3.49. The molecular weight excluding hydrogens is 120 g/mol. The lowest BCUT2D eigenvalue weighted by molar-refractivity contribution is 0.688. The first-order valence-electron chi connectivity index (χ1n) is 4.20. The predicted molar refractivity (Wildman–Crippen MR) is 44.7 cm³/mol. The van der Waals surface area contributed by atoms with Gasteiger partial charge in [-0.05, 0) is 38.2 Å². The minimum Gasteiger partial charge on any atom is -0.0882 e. The third-order valence-electron chi connectivity index (χ3n) is 1.76. The molecule has 0 spiro atoms. The Morgan fingerprint density at radius 3 is 3.00 bits per heavy atom. The van der Waals surface area contributed by atoms with Crippen LogP contribution in [0.3, 0.4) is 0 Å². The zero-order valence-corrected chi connectivity index (χ0v) is 6.47. The number of hydrogen-bond donors (Lipinski definition) is 0. The zero-order chi connectivity index (χ0) is 7.07. The van der Waals surface area contributed by atoms with Gasteiger partial charge in [0.2, 0.25) is 0 Å². The van der Waals surface area contributed by atoms with Gasteiger partial charge in [0.1, 0.15) is 0 Å². The van der Waals surface area contributed by atoms with E-state index in [-0.39, 0.29) is 0 Å². The van der Waals surface area contributed by atoms with E-state index in [1.54, 1.807) is 0 Å². The quantitative estimate of drug-likeness (QED) is 0.447. The lowest BCUT2D eigenvalue weighted by Gasteiger charge is -1.96. The fraction of sp³-hybridized carbons (Fsp3) is 0.600. The molecule has 0 aromatic heterocycles. The zero-order valence-electron chi connectivity index (χ0n) is 6.47. The van der Waals surface area contributed by atoms with Crippen molar-refractivity contribution in [3.05, 3.63) is 24.3 Å². The third-order valence-corrected chi connectivity index (χ3v) is 1.76. The van der Waals surface area contributed by atoms with Gasteiger partial charge in [-0.25, -0.2) is 0 Å². The molecule has 0 heteroatoms. The Hall–Kier alpha value is -0.520. The van der Waals surface area contributed by atoms with E-state index in [4.69, 9.17) is 0 Å². The highest BCUT2D eigenvalue weighted by Crippen LogP contribution is 2.06. The van der Waals surface area contributed by atoms with Crippen molar-refractivity contribution in [1.29, 1.82) is 0 Å². The normalized spacial score (nSPS) is 27.2. The summed E-state index contributed by atoms with van der Waals surface area (Å²) in [5.74, 6) is 0. The van der Waals surface area contributed by atoms with Crippen LogP contribution in [-0.2, 0) is 0 Å². The van der Waals surface area contributed by atoms with Crippen LogP contribution in [0.4, 0.5) is 0 Å². The van der Waals surface area contributed by atoms with Gasteiger partial charge in [0.05, 0.1) is 0 Å². The Labute approximate surface area is 63.6 Å². The minimum absolute atomic E-state index is 1.08. The molecule has 0 N–H and O–H groups in total. The number of allylic oxidation sites excluding steroid dienone is 4. The highest BCUT2D eigenvalue weighted by Gasteiger charge is 1.87. The van der Waals surface area contributed by atoms with Crippen LogP contribution >= 0.6 is 0 Å². The molecule has 0 saturated carbocycles. The summed E-state index contributed by atoms with van der Waals surface area (Å²) in [6.45, 7) is 0. The Kier molecular flexibility index (Phi) is 4.00. The maximum Gasteiger partial charge on any atom is -0.0163 e. The molecule has 0 aromatic carbocycles. The van der Waals surface area contributed by atoms with Gasteiger partial charge in [0.25, 0.3) is 0 Å². The van der Waals surface area contributed by atoms with Gasteiger partial charge in [-0.3, -0.25) is 0 Å².